The van der Waals surface area contributed by atoms with E-state index in [1.807, 2.05) is 6.07 Å². The minimum absolute atomic E-state index is 0.128. The predicted octanol–water partition coefficient (Wildman–Crippen LogP) is 10.7. The van der Waals surface area contributed by atoms with Crippen LogP contribution >= 0.6 is 11.6 Å². The van der Waals surface area contributed by atoms with Crippen LogP contribution in [0.4, 0.5) is 0 Å². The topological polar surface area (TPSA) is 0 Å². The van der Waals surface area contributed by atoms with E-state index in [0.717, 1.165) is 5.02 Å². The number of rotatable bonds is 1. The summed E-state index contributed by atoms with van der Waals surface area (Å²) < 4.78 is 0. The Hall–Kier alpha value is -4.39. The molecule has 0 N–H and O–H groups in total. The van der Waals surface area contributed by atoms with E-state index in [-0.39, 0.29) is 10.8 Å². The molecule has 194 valence electrons. The lowest BCUT2D eigenvalue weighted by molar-refractivity contribution is 0.660. The Balaban J connectivity index is 1.37. The van der Waals surface area contributed by atoms with Crippen LogP contribution < -0.4 is 0 Å². The molecule has 0 amide bonds. The summed E-state index contributed by atoms with van der Waals surface area (Å²) in [5, 5.41) is 0.795. The zero-order chi connectivity index (χ0) is 27.5. The summed E-state index contributed by atoms with van der Waals surface area (Å²) >= 11 is 6.48. The molecular weight excluding hydrogens is 516 g/mol. The van der Waals surface area contributed by atoms with Gasteiger partial charge in [-0.1, -0.05) is 135 Å². The summed E-state index contributed by atoms with van der Waals surface area (Å²) in [5.41, 5.74) is 18.2. The largest absolute Gasteiger partial charge is 0.0843 e. The highest BCUT2D eigenvalue weighted by molar-refractivity contribution is 6.30. The van der Waals surface area contributed by atoms with E-state index in [9.17, 15) is 0 Å². The van der Waals surface area contributed by atoms with Crippen molar-refractivity contribution in [2.75, 3.05) is 0 Å². The zero-order valence-corrected chi connectivity index (χ0v) is 23.8. The van der Waals surface area contributed by atoms with Crippen molar-refractivity contribution in [2.45, 2.75) is 24.7 Å². The highest BCUT2D eigenvalue weighted by atomic mass is 35.5. The van der Waals surface area contributed by atoms with Crippen LogP contribution in [0.1, 0.15) is 47.2 Å². The standard InChI is InChI=1S/C40H27Cl/c1-39(2)36-22-24(18-20-30(36)31-21-19-25(41)23-37(31)39)26-13-9-14-32-29-12-5-8-17-35(29)40(38(26)32)33-15-6-3-10-27(33)28-11-4-7-16-34(28)40/h3-23H,1-2H3. The summed E-state index contributed by atoms with van der Waals surface area (Å²) in [6, 6.07) is 47.5. The van der Waals surface area contributed by atoms with Gasteiger partial charge in [-0.2, -0.15) is 0 Å². The Morgan fingerprint density at radius 1 is 0.415 bits per heavy atom. The summed E-state index contributed by atoms with van der Waals surface area (Å²) in [4.78, 5) is 0. The van der Waals surface area contributed by atoms with Crippen molar-refractivity contribution in [3.05, 3.63) is 166 Å². The first-order valence-electron chi connectivity index (χ1n) is 14.4. The van der Waals surface area contributed by atoms with Crippen LogP contribution in [-0.2, 0) is 10.8 Å². The molecule has 0 saturated heterocycles. The van der Waals surface area contributed by atoms with Crippen molar-refractivity contribution >= 4 is 11.6 Å². The van der Waals surface area contributed by atoms with Crippen LogP contribution in [0.5, 0.6) is 0 Å². The van der Waals surface area contributed by atoms with Gasteiger partial charge in [-0.05, 0) is 96.1 Å². The fourth-order valence-corrected chi connectivity index (χ4v) is 8.44. The first-order chi connectivity index (χ1) is 20.0. The van der Waals surface area contributed by atoms with E-state index < -0.39 is 0 Å². The van der Waals surface area contributed by atoms with Crippen LogP contribution in [0.3, 0.4) is 0 Å². The Morgan fingerprint density at radius 2 is 0.878 bits per heavy atom. The third-order valence-electron chi connectivity index (χ3n) is 9.96. The van der Waals surface area contributed by atoms with Crippen LogP contribution in [0, 0.1) is 0 Å². The molecule has 0 bridgehead atoms. The molecule has 0 fully saturated rings. The predicted molar refractivity (Wildman–Crippen MR) is 171 cm³/mol. The summed E-state index contributed by atoms with van der Waals surface area (Å²) in [7, 11) is 0. The Morgan fingerprint density at radius 3 is 1.51 bits per heavy atom. The smallest absolute Gasteiger partial charge is 0.0731 e. The van der Waals surface area contributed by atoms with E-state index >= 15 is 0 Å². The lowest BCUT2D eigenvalue weighted by atomic mass is 9.68. The maximum absolute atomic E-state index is 6.48. The van der Waals surface area contributed by atoms with E-state index in [2.05, 4.69) is 135 Å². The minimum Gasteiger partial charge on any atom is -0.0843 e. The van der Waals surface area contributed by atoms with Crippen LogP contribution in [0.15, 0.2) is 127 Å². The van der Waals surface area contributed by atoms with Crippen molar-refractivity contribution in [3.8, 4) is 44.5 Å². The molecule has 0 unspecified atom stereocenters. The normalized spacial score (nSPS) is 15.6. The lowest BCUT2D eigenvalue weighted by Gasteiger charge is -2.32. The fraction of sp³-hybridized carbons (Fsp3) is 0.100. The maximum atomic E-state index is 6.48. The van der Waals surface area contributed by atoms with Gasteiger partial charge in [0.25, 0.3) is 0 Å². The van der Waals surface area contributed by atoms with Gasteiger partial charge in [0.2, 0.25) is 0 Å². The molecule has 0 radical (unpaired) electrons. The monoisotopic (exact) mass is 542 g/mol. The second-order valence-corrected chi connectivity index (χ2v) is 12.6. The van der Waals surface area contributed by atoms with Gasteiger partial charge in [0.15, 0.2) is 0 Å². The molecule has 0 atom stereocenters. The number of fused-ring (bicyclic) bond motifs is 13. The quantitative estimate of drug-likeness (QED) is 0.193. The molecule has 0 heterocycles. The van der Waals surface area contributed by atoms with Crippen molar-refractivity contribution in [3.63, 3.8) is 0 Å². The highest BCUT2D eigenvalue weighted by Gasteiger charge is 2.52. The maximum Gasteiger partial charge on any atom is 0.0731 e. The second-order valence-electron chi connectivity index (χ2n) is 12.2. The summed E-state index contributed by atoms with van der Waals surface area (Å²) in [6.07, 6.45) is 0. The molecule has 1 spiro atoms. The Labute approximate surface area is 245 Å². The van der Waals surface area contributed by atoms with Gasteiger partial charge in [0.1, 0.15) is 0 Å². The van der Waals surface area contributed by atoms with Crippen LogP contribution in [0.2, 0.25) is 5.02 Å². The Kier molecular flexibility index (Phi) is 4.48. The first-order valence-corrected chi connectivity index (χ1v) is 14.8. The molecule has 0 saturated carbocycles. The van der Waals surface area contributed by atoms with Gasteiger partial charge in [-0.25, -0.2) is 0 Å². The molecule has 0 aliphatic heterocycles. The molecule has 0 aromatic heterocycles. The zero-order valence-electron chi connectivity index (χ0n) is 23.0. The summed E-state index contributed by atoms with van der Waals surface area (Å²) in [5.74, 6) is 0. The van der Waals surface area contributed by atoms with Gasteiger partial charge >= 0.3 is 0 Å². The lowest BCUT2D eigenvalue weighted by Crippen LogP contribution is -2.26. The first kappa shape index (κ1) is 23.3. The number of hydrogen-bond acceptors (Lipinski definition) is 0. The SMILES string of the molecule is CC1(C)c2cc(Cl)ccc2-c2ccc(-c3cccc4c3C3(c5ccccc5-c5ccccc53)c3ccccc3-4)cc21. The highest BCUT2D eigenvalue weighted by Crippen LogP contribution is 2.64. The van der Waals surface area contributed by atoms with Gasteiger partial charge in [-0.15, -0.1) is 0 Å². The third-order valence-corrected chi connectivity index (χ3v) is 10.2. The molecule has 0 nitrogen and oxygen atoms in total. The van der Waals surface area contributed by atoms with Crippen LogP contribution in [0.25, 0.3) is 44.5 Å². The number of halogens is 1. The van der Waals surface area contributed by atoms with Gasteiger partial charge in [-0.3, -0.25) is 0 Å². The number of benzene rings is 6. The molecule has 1 heteroatoms. The van der Waals surface area contributed by atoms with Gasteiger partial charge in [0, 0.05) is 10.4 Å². The minimum atomic E-state index is -0.360. The third kappa shape index (κ3) is 2.77. The number of hydrogen-bond donors (Lipinski definition) is 0. The van der Waals surface area contributed by atoms with Gasteiger partial charge in [0.05, 0.1) is 5.41 Å². The fourth-order valence-electron chi connectivity index (χ4n) is 8.27. The average Bonchev–Trinajstić information content (AvgIpc) is 3.56. The van der Waals surface area contributed by atoms with E-state index in [1.54, 1.807) is 0 Å². The molecule has 3 aliphatic carbocycles. The van der Waals surface area contributed by atoms with Gasteiger partial charge < -0.3 is 0 Å². The molecule has 6 aromatic rings. The molecule has 6 aromatic carbocycles. The van der Waals surface area contributed by atoms with Crippen molar-refractivity contribution in [1.82, 2.24) is 0 Å². The molecular formula is C40H27Cl. The molecule has 9 rings (SSSR count). The summed E-state index contributed by atoms with van der Waals surface area (Å²) in [6.45, 7) is 4.65. The van der Waals surface area contributed by atoms with E-state index in [4.69, 9.17) is 11.6 Å². The van der Waals surface area contributed by atoms with Crippen molar-refractivity contribution in [2.24, 2.45) is 0 Å². The molecule has 41 heavy (non-hydrogen) atoms. The van der Waals surface area contributed by atoms with Crippen molar-refractivity contribution < 1.29 is 0 Å². The van der Waals surface area contributed by atoms with E-state index in [0.29, 0.717) is 0 Å². The van der Waals surface area contributed by atoms with Crippen LogP contribution in [-0.4, -0.2) is 0 Å². The van der Waals surface area contributed by atoms with E-state index in [1.165, 1.54) is 77.9 Å². The Bertz CT molecular complexity index is 2030. The van der Waals surface area contributed by atoms with Crippen molar-refractivity contribution in [1.29, 1.82) is 0 Å². The second kappa shape index (κ2) is 7.87. The molecule has 3 aliphatic rings. The average molecular weight is 543 g/mol.